The van der Waals surface area contributed by atoms with Gasteiger partial charge in [-0.3, -0.25) is 0 Å². The van der Waals surface area contributed by atoms with E-state index < -0.39 is 0 Å². The summed E-state index contributed by atoms with van der Waals surface area (Å²) in [5, 5.41) is 12.7. The molecule has 1 aliphatic heterocycles. The molecule has 1 aliphatic rings. The average Bonchev–Trinajstić information content (AvgIpc) is 2.38. The van der Waals surface area contributed by atoms with E-state index in [0.29, 0.717) is 0 Å². The van der Waals surface area contributed by atoms with Crippen molar-refractivity contribution in [2.45, 2.75) is 31.9 Å². The fraction of sp³-hybridized carbons (Fsp3) is 0.571. The van der Waals surface area contributed by atoms with Crippen LogP contribution in [-0.4, -0.2) is 31.5 Å². The number of rotatable bonds is 5. The van der Waals surface area contributed by atoms with Crippen molar-refractivity contribution in [3.63, 3.8) is 0 Å². The van der Waals surface area contributed by atoms with Crippen molar-refractivity contribution in [1.82, 2.24) is 5.32 Å². The third kappa shape index (κ3) is 3.15. The van der Waals surface area contributed by atoms with Gasteiger partial charge in [-0.05, 0) is 38.1 Å². The van der Waals surface area contributed by atoms with Crippen LogP contribution >= 0.6 is 0 Å². The maximum absolute atomic E-state index is 9.27. The van der Waals surface area contributed by atoms with Crippen molar-refractivity contribution in [3.8, 4) is 11.5 Å². The summed E-state index contributed by atoms with van der Waals surface area (Å²) in [6.07, 6.45) is 1.44. The SMILES string of the molecule is COc1ccc2c(c1)C(NCCC(C)O)CCO2. The molecular formula is C14H21NO3. The summed E-state index contributed by atoms with van der Waals surface area (Å²) in [7, 11) is 1.67. The minimum absolute atomic E-state index is 0.262. The first-order valence-electron chi connectivity index (χ1n) is 6.43. The molecular weight excluding hydrogens is 230 g/mol. The van der Waals surface area contributed by atoms with Gasteiger partial charge in [0.2, 0.25) is 0 Å². The topological polar surface area (TPSA) is 50.7 Å². The summed E-state index contributed by atoms with van der Waals surface area (Å²) in [5.41, 5.74) is 1.14. The van der Waals surface area contributed by atoms with Gasteiger partial charge in [-0.1, -0.05) is 0 Å². The maximum Gasteiger partial charge on any atom is 0.124 e. The molecule has 2 N–H and O–H groups in total. The Balaban J connectivity index is 2.06. The summed E-state index contributed by atoms with van der Waals surface area (Å²) in [5.74, 6) is 1.78. The second-order valence-electron chi connectivity index (χ2n) is 4.69. The first kappa shape index (κ1) is 13.2. The molecule has 0 aliphatic carbocycles. The zero-order valence-corrected chi connectivity index (χ0v) is 11.0. The van der Waals surface area contributed by atoms with Gasteiger partial charge < -0.3 is 19.9 Å². The number of benzene rings is 1. The monoisotopic (exact) mass is 251 g/mol. The number of ether oxygens (including phenoxy) is 2. The van der Waals surface area contributed by atoms with E-state index in [1.54, 1.807) is 7.11 Å². The van der Waals surface area contributed by atoms with Crippen molar-refractivity contribution in [3.05, 3.63) is 23.8 Å². The molecule has 0 fully saturated rings. The molecule has 4 nitrogen and oxygen atoms in total. The zero-order chi connectivity index (χ0) is 13.0. The van der Waals surface area contributed by atoms with E-state index >= 15 is 0 Å². The second kappa shape index (κ2) is 6.07. The summed E-state index contributed by atoms with van der Waals surface area (Å²) < 4.78 is 10.9. The summed E-state index contributed by atoms with van der Waals surface area (Å²) in [6.45, 7) is 3.34. The van der Waals surface area contributed by atoms with Crippen LogP contribution in [0.5, 0.6) is 11.5 Å². The highest BCUT2D eigenvalue weighted by Crippen LogP contribution is 2.34. The third-order valence-corrected chi connectivity index (χ3v) is 3.21. The van der Waals surface area contributed by atoms with Crippen LogP contribution in [0.2, 0.25) is 0 Å². The van der Waals surface area contributed by atoms with E-state index in [2.05, 4.69) is 5.32 Å². The van der Waals surface area contributed by atoms with Crippen LogP contribution in [0.1, 0.15) is 31.4 Å². The third-order valence-electron chi connectivity index (χ3n) is 3.21. The molecule has 1 aromatic carbocycles. The molecule has 2 rings (SSSR count). The first-order valence-corrected chi connectivity index (χ1v) is 6.43. The van der Waals surface area contributed by atoms with Gasteiger partial charge in [0.15, 0.2) is 0 Å². The fourth-order valence-corrected chi connectivity index (χ4v) is 2.18. The van der Waals surface area contributed by atoms with Gasteiger partial charge in [0.1, 0.15) is 11.5 Å². The lowest BCUT2D eigenvalue weighted by Crippen LogP contribution is -2.29. The van der Waals surface area contributed by atoms with Crippen molar-refractivity contribution < 1.29 is 14.6 Å². The Labute approximate surface area is 108 Å². The van der Waals surface area contributed by atoms with Gasteiger partial charge in [-0.25, -0.2) is 0 Å². The normalized spacial score (nSPS) is 19.8. The predicted molar refractivity (Wildman–Crippen MR) is 70.1 cm³/mol. The van der Waals surface area contributed by atoms with E-state index in [1.165, 1.54) is 0 Å². The lowest BCUT2D eigenvalue weighted by molar-refractivity contribution is 0.179. The van der Waals surface area contributed by atoms with Crippen molar-refractivity contribution in [1.29, 1.82) is 0 Å². The van der Waals surface area contributed by atoms with Crippen molar-refractivity contribution in [2.24, 2.45) is 0 Å². The quantitative estimate of drug-likeness (QED) is 0.839. The molecule has 0 bridgehead atoms. The number of aliphatic hydroxyl groups is 1. The van der Waals surface area contributed by atoms with Crippen molar-refractivity contribution in [2.75, 3.05) is 20.3 Å². The molecule has 0 saturated heterocycles. The summed E-state index contributed by atoms with van der Waals surface area (Å²) in [6, 6.07) is 6.17. The van der Waals surface area contributed by atoms with Crippen LogP contribution in [0.4, 0.5) is 0 Å². The maximum atomic E-state index is 9.27. The van der Waals surface area contributed by atoms with Gasteiger partial charge in [0.05, 0.1) is 19.8 Å². The van der Waals surface area contributed by atoms with E-state index in [0.717, 1.165) is 43.1 Å². The Morgan fingerprint density at radius 3 is 3.11 bits per heavy atom. The predicted octanol–water partition coefficient (Wildman–Crippen LogP) is 1.88. The summed E-state index contributed by atoms with van der Waals surface area (Å²) in [4.78, 5) is 0. The van der Waals surface area contributed by atoms with Crippen LogP contribution in [0.3, 0.4) is 0 Å². The van der Waals surface area contributed by atoms with Crippen LogP contribution in [0.25, 0.3) is 0 Å². The van der Waals surface area contributed by atoms with Gasteiger partial charge in [0, 0.05) is 18.0 Å². The second-order valence-corrected chi connectivity index (χ2v) is 4.69. The Hall–Kier alpha value is -1.26. The molecule has 18 heavy (non-hydrogen) atoms. The van der Waals surface area contributed by atoms with E-state index in [1.807, 2.05) is 25.1 Å². The van der Waals surface area contributed by atoms with E-state index in [9.17, 15) is 5.11 Å². The van der Waals surface area contributed by atoms with Crippen LogP contribution in [0.15, 0.2) is 18.2 Å². The molecule has 0 radical (unpaired) electrons. The number of methoxy groups -OCH3 is 1. The number of aliphatic hydroxyl groups excluding tert-OH is 1. The number of hydrogen-bond donors (Lipinski definition) is 2. The zero-order valence-electron chi connectivity index (χ0n) is 11.0. The van der Waals surface area contributed by atoms with Gasteiger partial charge in [-0.15, -0.1) is 0 Å². The van der Waals surface area contributed by atoms with Crippen LogP contribution in [0, 0.1) is 0 Å². The molecule has 2 atom stereocenters. The molecule has 0 amide bonds. The lowest BCUT2D eigenvalue weighted by atomic mass is 10.00. The molecule has 1 heterocycles. The van der Waals surface area contributed by atoms with Crippen LogP contribution in [-0.2, 0) is 0 Å². The molecule has 4 heteroatoms. The Kier molecular flexibility index (Phi) is 4.44. The highest BCUT2D eigenvalue weighted by molar-refractivity contribution is 5.43. The highest BCUT2D eigenvalue weighted by atomic mass is 16.5. The Morgan fingerprint density at radius 1 is 1.56 bits per heavy atom. The first-order chi connectivity index (χ1) is 8.70. The van der Waals surface area contributed by atoms with Gasteiger partial charge in [0.25, 0.3) is 0 Å². The summed E-state index contributed by atoms with van der Waals surface area (Å²) >= 11 is 0. The van der Waals surface area contributed by atoms with E-state index in [-0.39, 0.29) is 12.1 Å². The minimum atomic E-state index is -0.262. The van der Waals surface area contributed by atoms with Crippen molar-refractivity contribution >= 4 is 0 Å². The Bertz CT molecular complexity index is 393. The molecule has 0 spiro atoms. The molecule has 100 valence electrons. The molecule has 0 aromatic heterocycles. The lowest BCUT2D eigenvalue weighted by Gasteiger charge is -2.27. The number of nitrogens with one attached hydrogen (secondary N) is 1. The smallest absolute Gasteiger partial charge is 0.124 e. The Morgan fingerprint density at radius 2 is 2.39 bits per heavy atom. The minimum Gasteiger partial charge on any atom is -0.497 e. The largest absolute Gasteiger partial charge is 0.497 e. The van der Waals surface area contributed by atoms with Gasteiger partial charge in [-0.2, -0.15) is 0 Å². The average molecular weight is 251 g/mol. The van der Waals surface area contributed by atoms with E-state index in [4.69, 9.17) is 9.47 Å². The van der Waals surface area contributed by atoms with Gasteiger partial charge >= 0.3 is 0 Å². The number of fused-ring (bicyclic) bond motifs is 1. The standard InChI is InChI=1S/C14H21NO3/c1-10(16)5-7-15-13-6-8-18-14-4-3-11(17-2)9-12(13)14/h3-4,9-10,13,15-16H,5-8H2,1-2H3. The number of hydrogen-bond acceptors (Lipinski definition) is 4. The van der Waals surface area contributed by atoms with Crippen LogP contribution < -0.4 is 14.8 Å². The molecule has 1 aromatic rings. The molecule has 2 unspecified atom stereocenters. The fourth-order valence-electron chi connectivity index (χ4n) is 2.18. The molecule has 0 saturated carbocycles. The highest BCUT2D eigenvalue weighted by Gasteiger charge is 2.21.